The number of hydrogen-bond donors (Lipinski definition) is 1. The molecule has 0 aromatic rings. The lowest BCUT2D eigenvalue weighted by Gasteiger charge is -2.40. The second-order valence-corrected chi connectivity index (χ2v) is 8.83. The molecule has 1 atom stereocenters. The van der Waals surface area contributed by atoms with Crippen LogP contribution in [0.4, 0.5) is 8.78 Å². The summed E-state index contributed by atoms with van der Waals surface area (Å²) in [6, 6.07) is 0. The monoisotopic (exact) mass is 475 g/mol. The van der Waals surface area contributed by atoms with Crippen LogP contribution in [0, 0.1) is 0 Å². The summed E-state index contributed by atoms with van der Waals surface area (Å²) in [5, 5.41) is 7.35. The van der Waals surface area contributed by atoms with Crippen LogP contribution in [-0.2, 0) is 9.59 Å². The second kappa shape index (κ2) is 11.7. The van der Waals surface area contributed by atoms with Crippen LogP contribution < -0.4 is 5.32 Å². The highest BCUT2D eigenvalue weighted by Gasteiger charge is 2.38. The van der Waals surface area contributed by atoms with Crippen molar-refractivity contribution in [3.63, 3.8) is 0 Å². The highest BCUT2D eigenvalue weighted by molar-refractivity contribution is 6.32. The zero-order valence-electron chi connectivity index (χ0n) is 19.3. The molecule has 0 spiro atoms. The van der Waals surface area contributed by atoms with Gasteiger partial charge in [-0.05, 0) is 62.7 Å². The maximum atomic E-state index is 13.9. The molecule has 0 bridgehead atoms. The van der Waals surface area contributed by atoms with Gasteiger partial charge in [0.15, 0.2) is 6.29 Å². The van der Waals surface area contributed by atoms with Gasteiger partial charge in [0.1, 0.15) is 19.5 Å². The first kappa shape index (κ1) is 27.0. The third-order valence-corrected chi connectivity index (χ3v) is 6.10. The maximum absolute atomic E-state index is 13.9. The minimum atomic E-state index is -1.12. The van der Waals surface area contributed by atoms with Crippen molar-refractivity contribution >= 4 is 31.6 Å². The van der Waals surface area contributed by atoms with Gasteiger partial charge in [-0.2, -0.15) is 0 Å². The summed E-state index contributed by atoms with van der Waals surface area (Å²) in [4.78, 5) is 24.4. The number of halogens is 3. The summed E-state index contributed by atoms with van der Waals surface area (Å²) in [5.41, 5.74) is -0.316. The van der Waals surface area contributed by atoms with Gasteiger partial charge in [0, 0.05) is 30.9 Å². The van der Waals surface area contributed by atoms with Crippen molar-refractivity contribution in [2.45, 2.75) is 45.1 Å². The first-order valence-corrected chi connectivity index (χ1v) is 11.1. The Morgan fingerprint density at radius 1 is 1.39 bits per heavy atom. The molecule has 1 amide bonds. The summed E-state index contributed by atoms with van der Waals surface area (Å²) < 4.78 is 26.9. The Morgan fingerprint density at radius 3 is 2.67 bits per heavy atom. The fraction of sp³-hybridized carbons (Fsp3) is 0.417. The van der Waals surface area contributed by atoms with Crippen molar-refractivity contribution in [1.29, 1.82) is 0 Å². The number of carbonyl (C=O) groups is 2. The molecule has 1 unspecified atom stereocenters. The Bertz CT molecular complexity index is 971. The lowest BCUT2D eigenvalue weighted by molar-refractivity contribution is -0.118. The molecule has 0 aromatic heterocycles. The molecular weight excluding hydrogens is 447 g/mol. The van der Waals surface area contributed by atoms with Gasteiger partial charge in [0.05, 0.1) is 11.1 Å². The minimum absolute atomic E-state index is 0.0608. The van der Waals surface area contributed by atoms with Crippen molar-refractivity contribution in [2.24, 2.45) is 0 Å². The van der Waals surface area contributed by atoms with E-state index in [4.69, 9.17) is 19.4 Å². The average Bonchev–Trinajstić information content (AvgIpc) is 3.14. The lowest BCUT2D eigenvalue weighted by atomic mass is 9.93. The van der Waals surface area contributed by atoms with E-state index < -0.39 is 28.6 Å². The number of amides is 1. The molecular formula is C24H29BClF2N3O2. The van der Waals surface area contributed by atoms with Gasteiger partial charge in [-0.1, -0.05) is 30.3 Å². The molecule has 1 heterocycles. The highest BCUT2D eigenvalue weighted by Crippen LogP contribution is 2.33. The molecule has 2 aliphatic rings. The van der Waals surface area contributed by atoms with Gasteiger partial charge in [-0.3, -0.25) is 9.59 Å². The van der Waals surface area contributed by atoms with E-state index >= 15 is 0 Å². The zero-order valence-corrected chi connectivity index (χ0v) is 20.0. The number of carbonyl (C=O) groups excluding carboxylic acids is 2. The molecule has 1 N–H and O–H groups in total. The standard InChI is InChI=1S/C24H29BClF2N3O2/c1-16(12-21(28)22(25)17(2)27)29-23(33)19(15-32)13-24(3)10-7-11-31(24)30(4)14-18-8-5-6-9-20(18)26/h8-9,12-13,15H,2,5-7,10-11,14H2,1,3-4H3,(H,29,33)/b16-12+,19-13+,22-21-. The van der Waals surface area contributed by atoms with Gasteiger partial charge in [0.25, 0.3) is 5.91 Å². The van der Waals surface area contributed by atoms with Gasteiger partial charge in [0.2, 0.25) is 0 Å². The summed E-state index contributed by atoms with van der Waals surface area (Å²) in [7, 11) is 7.20. The molecule has 1 aliphatic heterocycles. The van der Waals surface area contributed by atoms with Gasteiger partial charge < -0.3 is 5.32 Å². The molecule has 33 heavy (non-hydrogen) atoms. The van der Waals surface area contributed by atoms with Crippen molar-refractivity contribution in [3.05, 3.63) is 69.9 Å². The zero-order chi connectivity index (χ0) is 24.8. The summed E-state index contributed by atoms with van der Waals surface area (Å²) >= 11 is 6.34. The molecule has 0 saturated carbocycles. The predicted molar refractivity (Wildman–Crippen MR) is 128 cm³/mol. The number of nitrogens with zero attached hydrogens (tertiary/aromatic N) is 2. The molecule has 5 nitrogen and oxygen atoms in total. The van der Waals surface area contributed by atoms with Crippen molar-refractivity contribution in [1.82, 2.24) is 15.3 Å². The van der Waals surface area contributed by atoms with Crippen LogP contribution in [0.1, 0.15) is 39.5 Å². The average molecular weight is 476 g/mol. The maximum Gasteiger partial charge on any atom is 0.258 e. The lowest BCUT2D eigenvalue weighted by Crippen LogP contribution is -2.50. The van der Waals surface area contributed by atoms with Crippen molar-refractivity contribution in [3.8, 4) is 0 Å². The fourth-order valence-electron chi connectivity index (χ4n) is 4.02. The van der Waals surface area contributed by atoms with Crippen LogP contribution in [-0.4, -0.2) is 55.7 Å². The smallest absolute Gasteiger partial charge is 0.258 e. The van der Waals surface area contributed by atoms with Gasteiger partial charge in [-0.25, -0.2) is 18.8 Å². The summed E-state index contributed by atoms with van der Waals surface area (Å²) in [6.45, 7) is 7.65. The Hall–Kier alpha value is -2.29. The molecule has 2 rings (SSSR count). The molecule has 1 aliphatic carbocycles. The highest BCUT2D eigenvalue weighted by atomic mass is 35.5. The second-order valence-electron chi connectivity index (χ2n) is 8.42. The van der Waals surface area contributed by atoms with Crippen LogP contribution >= 0.6 is 11.6 Å². The van der Waals surface area contributed by atoms with Crippen molar-refractivity contribution in [2.75, 3.05) is 20.1 Å². The van der Waals surface area contributed by atoms with Crippen LogP contribution in [0.5, 0.6) is 0 Å². The number of rotatable bonds is 9. The fourth-order valence-corrected chi connectivity index (χ4v) is 4.27. The summed E-state index contributed by atoms with van der Waals surface area (Å²) in [6.07, 6.45) is 10.6. The van der Waals surface area contributed by atoms with E-state index in [1.165, 1.54) is 6.92 Å². The Kier molecular flexibility index (Phi) is 9.58. The number of likely N-dealkylation sites (N-methyl/N-ethyl adjacent to an activating group) is 1. The minimum Gasteiger partial charge on any atom is -0.326 e. The number of hydrazine groups is 1. The van der Waals surface area contributed by atoms with Crippen LogP contribution in [0.3, 0.4) is 0 Å². The van der Waals surface area contributed by atoms with E-state index in [1.54, 1.807) is 6.08 Å². The van der Waals surface area contributed by atoms with Gasteiger partial charge in [-0.15, -0.1) is 0 Å². The summed E-state index contributed by atoms with van der Waals surface area (Å²) in [5.74, 6) is -2.88. The van der Waals surface area contributed by atoms with E-state index in [2.05, 4.69) is 28.0 Å². The van der Waals surface area contributed by atoms with Crippen LogP contribution in [0.25, 0.3) is 0 Å². The largest absolute Gasteiger partial charge is 0.326 e. The molecule has 1 saturated heterocycles. The first-order chi connectivity index (χ1) is 15.5. The Balaban J connectivity index is 2.18. The van der Waals surface area contributed by atoms with E-state index in [1.807, 2.05) is 20.0 Å². The van der Waals surface area contributed by atoms with Crippen LogP contribution in [0.2, 0.25) is 0 Å². The number of hydrogen-bond acceptors (Lipinski definition) is 4. The number of allylic oxidation sites excluding steroid dienone is 7. The Morgan fingerprint density at radius 2 is 2.06 bits per heavy atom. The molecule has 0 aromatic carbocycles. The third-order valence-electron chi connectivity index (χ3n) is 5.70. The normalized spacial score (nSPS) is 23.1. The Labute approximate surface area is 200 Å². The first-order valence-electron chi connectivity index (χ1n) is 10.7. The van der Waals surface area contributed by atoms with E-state index in [9.17, 15) is 18.4 Å². The van der Waals surface area contributed by atoms with E-state index in [0.29, 0.717) is 12.8 Å². The number of nitrogens with one attached hydrogen (secondary N) is 1. The quantitative estimate of drug-likeness (QED) is 0.133. The van der Waals surface area contributed by atoms with Gasteiger partial charge >= 0.3 is 0 Å². The third kappa shape index (κ3) is 7.10. The van der Waals surface area contributed by atoms with Crippen LogP contribution in [0.15, 0.2) is 69.9 Å². The predicted octanol–water partition coefficient (Wildman–Crippen LogP) is 4.51. The molecule has 9 heteroatoms. The SMILES string of the molecule is [B]/C(C(=C)F)=C(F)/C=C(\C)NC(=O)/C(C=O)=C/C1(C)CCCN1N(C)CC1=CCCC=C1Cl. The molecule has 2 radical (unpaired) electrons. The number of aldehydes is 1. The van der Waals surface area contributed by atoms with E-state index in [-0.39, 0.29) is 11.3 Å². The molecule has 1 fully saturated rings. The molecule has 176 valence electrons. The topological polar surface area (TPSA) is 52.7 Å². The van der Waals surface area contributed by atoms with Crippen molar-refractivity contribution < 1.29 is 18.4 Å². The van der Waals surface area contributed by atoms with E-state index in [0.717, 1.165) is 48.9 Å².